The van der Waals surface area contributed by atoms with Gasteiger partial charge in [0.1, 0.15) is 0 Å². The molecule has 12 heavy (non-hydrogen) atoms. The summed E-state index contributed by atoms with van der Waals surface area (Å²) < 4.78 is 25.0. The highest BCUT2D eigenvalue weighted by Crippen LogP contribution is 1.94. The first-order valence-corrected chi connectivity index (χ1v) is 4.81. The molecular formula is C7H12O4S. The van der Waals surface area contributed by atoms with Crippen LogP contribution in [0.1, 0.15) is 20.3 Å². The summed E-state index contributed by atoms with van der Waals surface area (Å²) in [5.74, 6) is -1.18. The third kappa shape index (κ3) is 4.90. The molecule has 0 aromatic carbocycles. The van der Waals surface area contributed by atoms with Gasteiger partial charge in [-0.05, 0) is 13.3 Å². The zero-order chi connectivity index (χ0) is 9.56. The number of esters is 1. The summed E-state index contributed by atoms with van der Waals surface area (Å²) in [7, 11) is -2.30. The van der Waals surface area contributed by atoms with Crippen molar-refractivity contribution in [1.82, 2.24) is 0 Å². The van der Waals surface area contributed by atoms with Crippen LogP contribution in [0.5, 0.6) is 0 Å². The van der Waals surface area contributed by atoms with Gasteiger partial charge in [0.05, 0.1) is 12.5 Å². The molecule has 1 unspecified atom stereocenters. The lowest BCUT2D eigenvalue weighted by atomic mass is 10.2. The van der Waals surface area contributed by atoms with E-state index >= 15 is 0 Å². The minimum absolute atomic E-state index is 0.336. The lowest BCUT2D eigenvalue weighted by Crippen LogP contribution is -2.16. The number of carbonyl (C=O) groups excluding carboxylic acids is 1. The summed E-state index contributed by atoms with van der Waals surface area (Å²) in [5.41, 5.74) is 0. The Morgan fingerprint density at radius 3 is 2.58 bits per heavy atom. The summed E-state index contributed by atoms with van der Waals surface area (Å²) in [4.78, 5) is 10.9. The lowest BCUT2D eigenvalue weighted by molar-refractivity contribution is -0.145. The Labute approximate surface area is 73.1 Å². The minimum atomic E-state index is -2.30. The molecule has 4 nitrogen and oxygen atoms in total. The van der Waals surface area contributed by atoms with Crippen molar-refractivity contribution in [2.45, 2.75) is 20.3 Å². The highest BCUT2D eigenvalue weighted by molar-refractivity contribution is 7.71. The second-order valence-electron chi connectivity index (χ2n) is 2.35. The molecule has 0 saturated carbocycles. The zero-order valence-corrected chi connectivity index (χ0v) is 7.93. The average Bonchev–Trinajstić information content (AvgIpc) is 1.98. The van der Waals surface area contributed by atoms with Crippen LogP contribution in [0.25, 0.3) is 0 Å². The maximum absolute atomic E-state index is 10.9. The van der Waals surface area contributed by atoms with Crippen LogP contribution in [-0.4, -0.2) is 26.4 Å². The SMILES string of the molecule is CCCOC(=O)C(C)C=S(=O)=O. The van der Waals surface area contributed by atoms with Crippen molar-refractivity contribution in [2.24, 2.45) is 5.92 Å². The van der Waals surface area contributed by atoms with Crippen molar-refractivity contribution in [3.8, 4) is 0 Å². The fraction of sp³-hybridized carbons (Fsp3) is 0.714. The zero-order valence-electron chi connectivity index (χ0n) is 7.11. The lowest BCUT2D eigenvalue weighted by Gasteiger charge is -2.03. The Bertz CT molecular complexity index is 257. The third-order valence-electron chi connectivity index (χ3n) is 1.14. The molecule has 0 aliphatic heterocycles. The van der Waals surface area contributed by atoms with Crippen LogP contribution in [-0.2, 0) is 19.8 Å². The van der Waals surface area contributed by atoms with Crippen molar-refractivity contribution in [1.29, 1.82) is 0 Å². The van der Waals surface area contributed by atoms with Gasteiger partial charge in [-0.15, -0.1) is 0 Å². The van der Waals surface area contributed by atoms with Crippen molar-refractivity contribution in [2.75, 3.05) is 6.61 Å². The molecule has 0 spiro atoms. The van der Waals surface area contributed by atoms with Crippen molar-refractivity contribution in [3.05, 3.63) is 0 Å². The van der Waals surface area contributed by atoms with Crippen molar-refractivity contribution < 1.29 is 17.9 Å². The van der Waals surface area contributed by atoms with Gasteiger partial charge in [-0.1, -0.05) is 6.92 Å². The molecule has 0 fully saturated rings. The standard InChI is InChI=1S/C7H12O4S/c1-3-4-11-7(8)6(2)5-12(9)10/h5-6H,3-4H2,1-2H3. The van der Waals surface area contributed by atoms with Crippen LogP contribution in [0.15, 0.2) is 0 Å². The Morgan fingerprint density at radius 2 is 2.17 bits per heavy atom. The van der Waals surface area contributed by atoms with Gasteiger partial charge in [-0.25, -0.2) is 0 Å². The smallest absolute Gasteiger partial charge is 0.313 e. The Kier molecular flexibility index (Phi) is 5.36. The molecular weight excluding hydrogens is 180 g/mol. The first-order chi connectivity index (χ1) is 5.57. The maximum Gasteiger partial charge on any atom is 0.313 e. The van der Waals surface area contributed by atoms with Gasteiger partial charge in [-0.3, -0.25) is 4.79 Å². The highest BCUT2D eigenvalue weighted by Gasteiger charge is 2.11. The summed E-state index contributed by atoms with van der Waals surface area (Å²) in [6, 6.07) is 0. The van der Waals surface area contributed by atoms with Gasteiger partial charge in [0.15, 0.2) is 0 Å². The molecule has 0 amide bonds. The van der Waals surface area contributed by atoms with Crippen LogP contribution in [0, 0.1) is 5.92 Å². The van der Waals surface area contributed by atoms with E-state index in [1.165, 1.54) is 6.92 Å². The average molecular weight is 192 g/mol. The van der Waals surface area contributed by atoms with E-state index in [9.17, 15) is 13.2 Å². The van der Waals surface area contributed by atoms with E-state index in [0.717, 1.165) is 11.8 Å². The van der Waals surface area contributed by atoms with Crippen molar-refractivity contribution in [3.63, 3.8) is 0 Å². The van der Waals surface area contributed by atoms with Crippen LogP contribution < -0.4 is 0 Å². The van der Waals surface area contributed by atoms with E-state index < -0.39 is 22.2 Å². The highest BCUT2D eigenvalue weighted by atomic mass is 32.2. The number of ether oxygens (including phenoxy) is 1. The number of carbonyl (C=O) groups is 1. The monoisotopic (exact) mass is 192 g/mol. The maximum atomic E-state index is 10.9. The molecule has 1 atom stereocenters. The molecule has 0 aliphatic carbocycles. The van der Waals surface area contributed by atoms with Crippen LogP contribution in [0.4, 0.5) is 0 Å². The molecule has 0 aliphatic rings. The van der Waals surface area contributed by atoms with Crippen molar-refractivity contribution >= 4 is 21.6 Å². The Hall–Kier alpha value is -0.840. The third-order valence-corrected chi connectivity index (χ3v) is 1.77. The molecule has 0 N–H and O–H groups in total. The minimum Gasteiger partial charge on any atom is -0.465 e. The predicted octanol–water partition coefficient (Wildman–Crippen LogP) is 0.257. The second kappa shape index (κ2) is 5.77. The van der Waals surface area contributed by atoms with Gasteiger partial charge in [-0.2, -0.15) is 8.42 Å². The van der Waals surface area contributed by atoms with Gasteiger partial charge < -0.3 is 4.74 Å². The molecule has 0 radical (unpaired) electrons. The van der Waals surface area contributed by atoms with Crippen LogP contribution in [0.3, 0.4) is 0 Å². The first-order valence-electron chi connectivity index (χ1n) is 3.67. The summed E-state index contributed by atoms with van der Waals surface area (Å²) in [6.45, 7) is 3.68. The summed E-state index contributed by atoms with van der Waals surface area (Å²) in [6.07, 6.45) is 0.735. The van der Waals surface area contributed by atoms with Gasteiger partial charge >= 0.3 is 5.97 Å². The number of hydrogen-bond acceptors (Lipinski definition) is 4. The van der Waals surface area contributed by atoms with Crippen LogP contribution in [0.2, 0.25) is 0 Å². The van der Waals surface area contributed by atoms with Gasteiger partial charge in [0.25, 0.3) is 0 Å². The van der Waals surface area contributed by atoms with E-state index in [1.54, 1.807) is 0 Å². The Balaban J connectivity index is 4.02. The quantitative estimate of drug-likeness (QED) is 0.473. The van der Waals surface area contributed by atoms with Gasteiger partial charge in [0.2, 0.25) is 10.3 Å². The van der Waals surface area contributed by atoms with E-state index in [-0.39, 0.29) is 0 Å². The predicted molar refractivity (Wildman–Crippen MR) is 45.4 cm³/mol. The molecule has 0 aromatic heterocycles. The van der Waals surface area contributed by atoms with Crippen LogP contribution >= 0.6 is 0 Å². The molecule has 0 bridgehead atoms. The second-order valence-corrected chi connectivity index (χ2v) is 3.15. The number of hydrogen-bond donors (Lipinski definition) is 0. The van der Waals surface area contributed by atoms with E-state index in [0.29, 0.717) is 6.61 Å². The van der Waals surface area contributed by atoms with E-state index in [1.807, 2.05) is 6.92 Å². The molecule has 0 heterocycles. The van der Waals surface area contributed by atoms with Gasteiger partial charge in [0, 0.05) is 5.37 Å². The first kappa shape index (κ1) is 11.2. The summed E-state index contributed by atoms with van der Waals surface area (Å²) >= 11 is 0. The molecule has 0 aromatic rings. The Morgan fingerprint density at radius 1 is 1.58 bits per heavy atom. The van der Waals surface area contributed by atoms with E-state index in [2.05, 4.69) is 0 Å². The molecule has 0 saturated heterocycles. The topological polar surface area (TPSA) is 60.4 Å². The fourth-order valence-electron chi connectivity index (χ4n) is 0.556. The molecule has 0 rings (SSSR count). The fourth-order valence-corrected chi connectivity index (χ4v) is 1.00. The molecule has 70 valence electrons. The largest absolute Gasteiger partial charge is 0.465 e. The normalized spacial score (nSPS) is 11.8. The van der Waals surface area contributed by atoms with E-state index in [4.69, 9.17) is 4.74 Å². The molecule has 5 heteroatoms. The number of rotatable bonds is 4. The summed E-state index contributed by atoms with van der Waals surface area (Å²) in [5, 5.41) is 0.915.